The Kier molecular flexibility index (Phi) is 7.69. The van der Waals surface area contributed by atoms with Gasteiger partial charge in [-0.15, -0.1) is 0 Å². The summed E-state index contributed by atoms with van der Waals surface area (Å²) in [5.41, 5.74) is 3.68. The van der Waals surface area contributed by atoms with Crippen molar-refractivity contribution in [2.24, 2.45) is 0 Å². The predicted octanol–water partition coefficient (Wildman–Crippen LogP) is 5.88. The van der Waals surface area contributed by atoms with Crippen molar-refractivity contribution < 1.29 is 28.2 Å². The first-order valence-corrected chi connectivity index (χ1v) is 13.1. The summed E-state index contributed by atoms with van der Waals surface area (Å²) in [7, 11) is 0. The number of para-hydroxylation sites is 2. The van der Waals surface area contributed by atoms with Crippen LogP contribution in [-0.2, 0) is 16.2 Å². The van der Waals surface area contributed by atoms with Crippen molar-refractivity contribution in [1.29, 1.82) is 0 Å². The van der Waals surface area contributed by atoms with Crippen molar-refractivity contribution in [3.8, 4) is 17.2 Å². The van der Waals surface area contributed by atoms with Gasteiger partial charge in [0.05, 0.1) is 12.3 Å². The SMILES string of the molecule is CCOc1ccccc1N1C(=O)NC(=O)/C(=C\c2cc(C)n(-c3ccc(OCc4ccccc4F)cc3)c2C)C1=O. The maximum absolute atomic E-state index is 13.9. The van der Waals surface area contributed by atoms with E-state index in [1.807, 2.05) is 36.6 Å². The number of anilines is 1. The monoisotopic (exact) mass is 553 g/mol. The summed E-state index contributed by atoms with van der Waals surface area (Å²) in [6, 6.07) is 21.5. The minimum atomic E-state index is -0.841. The van der Waals surface area contributed by atoms with E-state index in [1.54, 1.807) is 61.5 Å². The summed E-state index contributed by atoms with van der Waals surface area (Å²) in [6.45, 7) is 6.03. The van der Waals surface area contributed by atoms with Crippen molar-refractivity contribution in [3.63, 3.8) is 0 Å². The fraction of sp³-hybridized carbons (Fsp3) is 0.156. The molecule has 1 N–H and O–H groups in total. The fourth-order valence-corrected chi connectivity index (χ4v) is 4.75. The molecule has 0 unspecified atom stereocenters. The number of nitrogens with one attached hydrogen (secondary N) is 1. The quantitative estimate of drug-likeness (QED) is 0.218. The average molecular weight is 554 g/mol. The van der Waals surface area contributed by atoms with Crippen LogP contribution in [0.15, 0.2) is 84.4 Å². The van der Waals surface area contributed by atoms with Gasteiger partial charge in [-0.1, -0.05) is 30.3 Å². The second-order valence-corrected chi connectivity index (χ2v) is 9.39. The van der Waals surface area contributed by atoms with Crippen LogP contribution in [0.5, 0.6) is 11.5 Å². The number of hydrogen-bond donors (Lipinski definition) is 1. The van der Waals surface area contributed by atoms with Gasteiger partial charge in [0.15, 0.2) is 0 Å². The summed E-state index contributed by atoms with van der Waals surface area (Å²) >= 11 is 0. The molecule has 41 heavy (non-hydrogen) atoms. The Morgan fingerprint density at radius 3 is 2.34 bits per heavy atom. The van der Waals surface area contributed by atoms with Gasteiger partial charge < -0.3 is 14.0 Å². The van der Waals surface area contributed by atoms with E-state index in [0.717, 1.165) is 22.0 Å². The minimum absolute atomic E-state index is 0.107. The second-order valence-electron chi connectivity index (χ2n) is 9.39. The van der Waals surface area contributed by atoms with Crippen LogP contribution in [-0.4, -0.2) is 29.0 Å². The van der Waals surface area contributed by atoms with Gasteiger partial charge in [0.1, 0.15) is 29.5 Å². The maximum atomic E-state index is 13.9. The molecule has 2 heterocycles. The van der Waals surface area contributed by atoms with Crippen LogP contribution in [0.4, 0.5) is 14.9 Å². The highest BCUT2D eigenvalue weighted by Gasteiger charge is 2.38. The van der Waals surface area contributed by atoms with E-state index >= 15 is 0 Å². The summed E-state index contributed by atoms with van der Waals surface area (Å²) < 4.78 is 27.2. The number of aromatic nitrogens is 1. The van der Waals surface area contributed by atoms with Gasteiger partial charge in [-0.2, -0.15) is 0 Å². The smallest absolute Gasteiger partial charge is 0.336 e. The van der Waals surface area contributed by atoms with Crippen molar-refractivity contribution in [1.82, 2.24) is 9.88 Å². The van der Waals surface area contributed by atoms with Crippen LogP contribution in [0.3, 0.4) is 0 Å². The summed E-state index contributed by atoms with van der Waals surface area (Å²) in [5.74, 6) is -0.895. The lowest BCUT2D eigenvalue weighted by Crippen LogP contribution is -2.54. The highest BCUT2D eigenvalue weighted by Crippen LogP contribution is 2.32. The number of amides is 4. The fourth-order valence-electron chi connectivity index (χ4n) is 4.75. The van der Waals surface area contributed by atoms with Crippen LogP contribution >= 0.6 is 0 Å². The van der Waals surface area contributed by atoms with Gasteiger partial charge in [0.25, 0.3) is 11.8 Å². The maximum Gasteiger partial charge on any atom is 0.336 e. The second kappa shape index (κ2) is 11.5. The molecule has 0 bridgehead atoms. The number of barbiturate groups is 1. The molecule has 0 aliphatic carbocycles. The Labute approximate surface area is 236 Å². The summed E-state index contributed by atoms with van der Waals surface area (Å²) in [6.07, 6.45) is 1.49. The van der Waals surface area contributed by atoms with Crippen LogP contribution in [0.2, 0.25) is 0 Å². The number of carbonyl (C=O) groups excluding carboxylic acids is 3. The zero-order chi connectivity index (χ0) is 29.1. The topological polar surface area (TPSA) is 89.9 Å². The number of hydrogen-bond acceptors (Lipinski definition) is 5. The Morgan fingerprint density at radius 1 is 0.902 bits per heavy atom. The molecule has 9 heteroatoms. The number of imide groups is 2. The molecule has 1 aliphatic heterocycles. The lowest BCUT2D eigenvalue weighted by molar-refractivity contribution is -0.122. The van der Waals surface area contributed by atoms with Crippen LogP contribution in [0.1, 0.15) is 29.4 Å². The average Bonchev–Trinajstić information content (AvgIpc) is 3.24. The molecule has 0 saturated carbocycles. The summed E-state index contributed by atoms with van der Waals surface area (Å²) in [5, 5.41) is 2.26. The van der Waals surface area contributed by atoms with Crippen LogP contribution in [0.25, 0.3) is 11.8 Å². The van der Waals surface area contributed by atoms with Gasteiger partial charge in [-0.25, -0.2) is 14.1 Å². The predicted molar refractivity (Wildman–Crippen MR) is 153 cm³/mol. The molecule has 0 spiro atoms. The number of urea groups is 1. The van der Waals surface area contributed by atoms with E-state index in [-0.39, 0.29) is 23.7 Å². The molecule has 8 nitrogen and oxygen atoms in total. The highest BCUT2D eigenvalue weighted by molar-refractivity contribution is 6.39. The molecule has 1 fully saturated rings. The van der Waals surface area contributed by atoms with Crippen LogP contribution < -0.4 is 19.7 Å². The van der Waals surface area contributed by atoms with Gasteiger partial charge in [-0.05, 0) is 80.9 Å². The number of halogens is 1. The first kappa shape index (κ1) is 27.4. The van der Waals surface area contributed by atoms with E-state index < -0.39 is 17.8 Å². The van der Waals surface area contributed by atoms with Gasteiger partial charge in [0, 0.05) is 22.6 Å². The Balaban J connectivity index is 1.41. The molecule has 1 aromatic heterocycles. The Morgan fingerprint density at radius 2 is 1.61 bits per heavy atom. The Hall–Kier alpha value is -5.18. The third kappa shape index (κ3) is 5.47. The zero-order valence-corrected chi connectivity index (χ0v) is 22.8. The standard InChI is InChI=1S/C32H28FN3O5/c1-4-40-29-12-8-7-11-28(29)36-31(38)26(30(37)34-32(36)39)18-23-17-20(2)35(21(23)3)24-13-15-25(16-14-24)41-19-22-9-5-6-10-27(22)33/h5-18H,4,19H2,1-3H3,(H,34,37,39)/b26-18+. The molecule has 5 rings (SSSR count). The lowest BCUT2D eigenvalue weighted by Gasteiger charge is -2.27. The van der Waals surface area contributed by atoms with Crippen molar-refractivity contribution in [2.45, 2.75) is 27.4 Å². The third-order valence-corrected chi connectivity index (χ3v) is 6.72. The normalized spacial score (nSPS) is 14.4. The zero-order valence-electron chi connectivity index (χ0n) is 22.8. The van der Waals surface area contributed by atoms with E-state index in [0.29, 0.717) is 29.2 Å². The van der Waals surface area contributed by atoms with Gasteiger partial charge in [-0.3, -0.25) is 14.9 Å². The third-order valence-electron chi connectivity index (χ3n) is 6.72. The minimum Gasteiger partial charge on any atom is -0.492 e. The summed E-state index contributed by atoms with van der Waals surface area (Å²) in [4.78, 5) is 39.9. The number of ether oxygens (including phenoxy) is 2. The molecule has 208 valence electrons. The van der Waals surface area contributed by atoms with Crippen molar-refractivity contribution >= 4 is 29.6 Å². The highest BCUT2D eigenvalue weighted by atomic mass is 19.1. The molecule has 4 aromatic rings. The van der Waals surface area contributed by atoms with E-state index in [9.17, 15) is 18.8 Å². The molecule has 4 amide bonds. The molecule has 3 aromatic carbocycles. The lowest BCUT2D eigenvalue weighted by atomic mass is 10.1. The van der Waals surface area contributed by atoms with E-state index in [2.05, 4.69) is 5.32 Å². The molecule has 1 saturated heterocycles. The Bertz CT molecular complexity index is 1670. The molecule has 0 atom stereocenters. The van der Waals surface area contributed by atoms with E-state index in [1.165, 1.54) is 12.1 Å². The van der Waals surface area contributed by atoms with Gasteiger partial charge in [0.2, 0.25) is 0 Å². The van der Waals surface area contributed by atoms with Crippen LogP contribution in [0, 0.1) is 19.7 Å². The largest absolute Gasteiger partial charge is 0.492 e. The molecule has 1 aliphatic rings. The number of nitrogens with zero attached hydrogens (tertiary/aromatic N) is 2. The molecule has 0 radical (unpaired) electrons. The number of carbonyl (C=O) groups is 3. The molecular formula is C32H28FN3O5. The van der Waals surface area contributed by atoms with Gasteiger partial charge >= 0.3 is 6.03 Å². The van der Waals surface area contributed by atoms with Crippen molar-refractivity contribution in [2.75, 3.05) is 11.5 Å². The first-order valence-electron chi connectivity index (χ1n) is 13.1. The first-order chi connectivity index (χ1) is 19.8. The van der Waals surface area contributed by atoms with Crippen molar-refractivity contribution in [3.05, 3.63) is 113 Å². The number of benzene rings is 3. The number of rotatable bonds is 8. The molecular weight excluding hydrogens is 525 g/mol. The van der Waals surface area contributed by atoms with E-state index in [4.69, 9.17) is 9.47 Å². The number of aryl methyl sites for hydroxylation is 1.